The predicted molar refractivity (Wildman–Crippen MR) is 56.8 cm³/mol. The van der Waals surface area contributed by atoms with Crippen molar-refractivity contribution in [3.63, 3.8) is 0 Å². The van der Waals surface area contributed by atoms with E-state index >= 15 is 0 Å². The van der Waals surface area contributed by atoms with Gasteiger partial charge in [-0.25, -0.2) is 4.39 Å². The van der Waals surface area contributed by atoms with Crippen molar-refractivity contribution in [2.45, 2.75) is 0 Å². The van der Waals surface area contributed by atoms with Gasteiger partial charge in [-0.1, -0.05) is 30.3 Å². The summed E-state index contributed by atoms with van der Waals surface area (Å²) in [6.45, 7) is -0.503. The second kappa shape index (κ2) is 4.84. The summed E-state index contributed by atoms with van der Waals surface area (Å²) in [7, 11) is 0. The SMILES string of the molecule is FCCOc1nsnc1-c1ccccc1. The van der Waals surface area contributed by atoms with Crippen LogP contribution in [0.2, 0.25) is 0 Å². The van der Waals surface area contributed by atoms with Crippen molar-refractivity contribution < 1.29 is 9.13 Å². The second-order valence-electron chi connectivity index (χ2n) is 2.82. The Bertz CT molecular complexity index is 418. The van der Waals surface area contributed by atoms with Gasteiger partial charge in [-0.05, 0) is 0 Å². The highest BCUT2D eigenvalue weighted by atomic mass is 32.1. The van der Waals surface area contributed by atoms with Crippen LogP contribution in [0.15, 0.2) is 30.3 Å². The van der Waals surface area contributed by atoms with Gasteiger partial charge in [0.1, 0.15) is 19.0 Å². The van der Waals surface area contributed by atoms with Crippen LogP contribution in [-0.2, 0) is 0 Å². The summed E-state index contributed by atoms with van der Waals surface area (Å²) in [5.41, 5.74) is 1.61. The molecule has 0 aliphatic rings. The molecule has 3 nitrogen and oxygen atoms in total. The molecule has 1 aromatic heterocycles. The Morgan fingerprint density at radius 1 is 1.20 bits per heavy atom. The van der Waals surface area contributed by atoms with E-state index in [2.05, 4.69) is 8.75 Å². The molecule has 0 unspecified atom stereocenters. The van der Waals surface area contributed by atoms with Gasteiger partial charge in [0.25, 0.3) is 5.88 Å². The summed E-state index contributed by atoms with van der Waals surface area (Å²) in [6, 6.07) is 9.57. The first-order chi connectivity index (χ1) is 7.42. The van der Waals surface area contributed by atoms with Gasteiger partial charge in [0.2, 0.25) is 0 Å². The van der Waals surface area contributed by atoms with Gasteiger partial charge in [-0.3, -0.25) is 0 Å². The van der Waals surface area contributed by atoms with Gasteiger partial charge in [-0.2, -0.15) is 4.37 Å². The molecule has 0 saturated carbocycles. The number of aromatic nitrogens is 2. The van der Waals surface area contributed by atoms with Crippen LogP contribution in [-0.4, -0.2) is 22.0 Å². The van der Waals surface area contributed by atoms with Crippen LogP contribution in [0.5, 0.6) is 5.88 Å². The fourth-order valence-electron chi connectivity index (χ4n) is 1.18. The number of rotatable bonds is 4. The molecule has 0 bridgehead atoms. The van der Waals surface area contributed by atoms with Crippen molar-refractivity contribution >= 4 is 11.7 Å². The molecule has 2 aromatic rings. The predicted octanol–water partition coefficient (Wildman–Crippen LogP) is 2.55. The molecule has 1 heterocycles. The number of alkyl halides is 1. The minimum Gasteiger partial charge on any atom is -0.473 e. The van der Waals surface area contributed by atoms with Crippen molar-refractivity contribution in [2.24, 2.45) is 0 Å². The monoisotopic (exact) mass is 224 g/mol. The molecule has 0 N–H and O–H groups in total. The average Bonchev–Trinajstić information content (AvgIpc) is 2.75. The van der Waals surface area contributed by atoms with Crippen LogP contribution in [0.1, 0.15) is 0 Å². The quantitative estimate of drug-likeness (QED) is 0.800. The molecule has 2 rings (SSSR count). The standard InChI is InChI=1S/C10H9FN2OS/c11-6-7-14-10-9(12-15-13-10)8-4-2-1-3-5-8/h1-5H,6-7H2. The highest BCUT2D eigenvalue weighted by Gasteiger charge is 2.10. The number of nitrogens with zero attached hydrogens (tertiary/aromatic N) is 2. The molecular weight excluding hydrogens is 215 g/mol. The Morgan fingerprint density at radius 2 is 2.00 bits per heavy atom. The van der Waals surface area contributed by atoms with E-state index in [-0.39, 0.29) is 6.61 Å². The third-order valence-electron chi connectivity index (χ3n) is 1.82. The topological polar surface area (TPSA) is 35.0 Å². The second-order valence-corrected chi connectivity index (χ2v) is 3.35. The van der Waals surface area contributed by atoms with Gasteiger partial charge in [0, 0.05) is 5.56 Å². The van der Waals surface area contributed by atoms with E-state index in [0.717, 1.165) is 17.3 Å². The minimum atomic E-state index is -0.522. The van der Waals surface area contributed by atoms with Crippen LogP contribution in [0.25, 0.3) is 11.3 Å². The first-order valence-electron chi connectivity index (χ1n) is 4.48. The van der Waals surface area contributed by atoms with Crippen molar-refractivity contribution in [3.8, 4) is 17.1 Å². The van der Waals surface area contributed by atoms with Crippen molar-refractivity contribution in [1.29, 1.82) is 0 Å². The molecule has 0 aliphatic heterocycles. The molecular formula is C10H9FN2OS. The normalized spacial score (nSPS) is 10.2. The van der Waals surface area contributed by atoms with E-state index in [1.54, 1.807) is 0 Å². The Hall–Kier alpha value is -1.49. The lowest BCUT2D eigenvalue weighted by Gasteiger charge is -2.01. The van der Waals surface area contributed by atoms with Crippen LogP contribution < -0.4 is 4.74 Å². The highest BCUT2D eigenvalue weighted by molar-refractivity contribution is 6.99. The number of halogens is 1. The lowest BCUT2D eigenvalue weighted by molar-refractivity contribution is 0.267. The molecule has 0 fully saturated rings. The maximum atomic E-state index is 11.9. The maximum Gasteiger partial charge on any atom is 0.254 e. The molecule has 0 aliphatic carbocycles. The third kappa shape index (κ3) is 2.30. The average molecular weight is 224 g/mol. The van der Waals surface area contributed by atoms with Crippen LogP contribution in [0.3, 0.4) is 0 Å². The highest BCUT2D eigenvalue weighted by Crippen LogP contribution is 2.27. The molecule has 5 heteroatoms. The molecule has 0 amide bonds. The summed E-state index contributed by atoms with van der Waals surface area (Å²) in [5.74, 6) is 0.406. The van der Waals surface area contributed by atoms with Crippen molar-refractivity contribution in [2.75, 3.05) is 13.3 Å². The van der Waals surface area contributed by atoms with Gasteiger partial charge in [0.05, 0.1) is 11.7 Å². The molecule has 0 spiro atoms. The summed E-state index contributed by atoms with van der Waals surface area (Å²) in [4.78, 5) is 0. The molecule has 1 aromatic carbocycles. The van der Waals surface area contributed by atoms with Crippen molar-refractivity contribution in [3.05, 3.63) is 30.3 Å². The fourth-order valence-corrected chi connectivity index (χ4v) is 1.70. The Labute approximate surface area is 90.9 Å². The third-order valence-corrected chi connectivity index (χ3v) is 2.33. The molecule has 0 atom stereocenters. The smallest absolute Gasteiger partial charge is 0.254 e. The summed E-state index contributed by atoms with van der Waals surface area (Å²) in [5, 5.41) is 0. The number of ether oxygens (including phenoxy) is 1. The number of hydrogen-bond donors (Lipinski definition) is 0. The zero-order valence-electron chi connectivity index (χ0n) is 7.89. The van der Waals surface area contributed by atoms with E-state index in [4.69, 9.17) is 4.74 Å². The summed E-state index contributed by atoms with van der Waals surface area (Å²) < 4.78 is 25.2. The first-order valence-corrected chi connectivity index (χ1v) is 5.21. The molecule has 0 radical (unpaired) electrons. The summed E-state index contributed by atoms with van der Waals surface area (Å²) >= 11 is 1.06. The zero-order valence-corrected chi connectivity index (χ0v) is 8.71. The van der Waals surface area contributed by atoms with Gasteiger partial charge in [0.15, 0.2) is 0 Å². The van der Waals surface area contributed by atoms with Crippen molar-refractivity contribution in [1.82, 2.24) is 8.75 Å². The summed E-state index contributed by atoms with van der Waals surface area (Å²) in [6.07, 6.45) is 0. The van der Waals surface area contributed by atoms with E-state index in [9.17, 15) is 4.39 Å². The van der Waals surface area contributed by atoms with Gasteiger partial charge >= 0.3 is 0 Å². The minimum absolute atomic E-state index is 0.0191. The molecule has 78 valence electrons. The van der Waals surface area contributed by atoms with Gasteiger partial charge in [-0.15, -0.1) is 4.37 Å². The Kier molecular flexibility index (Phi) is 3.24. The maximum absolute atomic E-state index is 11.9. The Balaban J connectivity index is 2.25. The van der Waals surface area contributed by atoms with E-state index in [0.29, 0.717) is 11.6 Å². The largest absolute Gasteiger partial charge is 0.473 e. The fraction of sp³-hybridized carbons (Fsp3) is 0.200. The van der Waals surface area contributed by atoms with E-state index < -0.39 is 6.67 Å². The zero-order chi connectivity index (χ0) is 10.5. The first kappa shape index (κ1) is 10.0. The van der Waals surface area contributed by atoms with E-state index in [1.165, 1.54) is 0 Å². The lowest BCUT2D eigenvalue weighted by atomic mass is 10.2. The Morgan fingerprint density at radius 3 is 2.73 bits per heavy atom. The molecule has 0 saturated heterocycles. The van der Waals surface area contributed by atoms with Gasteiger partial charge < -0.3 is 4.74 Å². The lowest BCUT2D eigenvalue weighted by Crippen LogP contribution is -1.99. The number of benzene rings is 1. The molecule has 15 heavy (non-hydrogen) atoms. The van der Waals surface area contributed by atoms with E-state index in [1.807, 2.05) is 30.3 Å². The van der Waals surface area contributed by atoms with Crippen LogP contribution in [0, 0.1) is 0 Å². The number of hydrogen-bond acceptors (Lipinski definition) is 4. The van der Waals surface area contributed by atoms with Crippen LogP contribution in [0.4, 0.5) is 4.39 Å². The van der Waals surface area contributed by atoms with Crippen LogP contribution >= 0.6 is 11.7 Å².